The molecule has 0 N–H and O–H groups in total. The largest absolute Gasteiger partial charge is 0.378 e. The Balaban J connectivity index is 1.55. The van der Waals surface area contributed by atoms with Crippen molar-refractivity contribution in [1.82, 2.24) is 0 Å². The van der Waals surface area contributed by atoms with Crippen LogP contribution in [0.25, 0.3) is 0 Å². The van der Waals surface area contributed by atoms with E-state index in [9.17, 15) is 35.1 Å². The first-order valence-electron chi connectivity index (χ1n) is 16.2. The number of hydrogen-bond donors (Lipinski definition) is 0. The van der Waals surface area contributed by atoms with Crippen LogP contribution in [0, 0.1) is 5.41 Å². The number of hydrogen-bond acceptors (Lipinski definition) is 12. The summed E-state index contributed by atoms with van der Waals surface area (Å²) >= 11 is 0. The van der Waals surface area contributed by atoms with Crippen molar-refractivity contribution >= 4 is 0 Å². The second-order valence-corrected chi connectivity index (χ2v) is 12.8. The maximum absolute atomic E-state index is 16.0. The van der Waals surface area contributed by atoms with Gasteiger partial charge < -0.3 is 47.4 Å². The molecule has 0 spiro atoms. The first-order valence-corrected chi connectivity index (χ1v) is 16.2. The molecule has 0 aromatic carbocycles. The summed E-state index contributed by atoms with van der Waals surface area (Å²) in [5, 5.41) is 0. The molecule has 0 aliphatic carbocycles. The summed E-state index contributed by atoms with van der Waals surface area (Å²) in [6.07, 6.45) is -27.9. The van der Waals surface area contributed by atoms with Crippen LogP contribution in [0.5, 0.6) is 0 Å². The summed E-state index contributed by atoms with van der Waals surface area (Å²) in [5.41, 5.74) is -5.09. The van der Waals surface area contributed by atoms with Crippen molar-refractivity contribution in [3.05, 3.63) is 0 Å². The van der Waals surface area contributed by atoms with E-state index >= 15 is 17.6 Å². The quantitative estimate of drug-likeness (QED) is 0.0552. The van der Waals surface area contributed by atoms with Crippen molar-refractivity contribution in [3.8, 4) is 0 Å². The minimum atomic E-state index is -6.13. The molecule has 0 radical (unpaired) electrons. The van der Waals surface area contributed by atoms with Crippen molar-refractivity contribution < 1.29 is 110 Å². The highest BCUT2D eigenvalue weighted by Gasteiger charge is 2.75. The van der Waals surface area contributed by atoms with Crippen LogP contribution in [0.15, 0.2) is 0 Å². The lowest BCUT2D eigenvalue weighted by molar-refractivity contribution is -0.498. The van der Waals surface area contributed by atoms with E-state index in [-0.39, 0.29) is 52.9 Å². The van der Waals surface area contributed by atoms with E-state index in [4.69, 9.17) is 28.4 Å². The van der Waals surface area contributed by atoms with E-state index < -0.39 is 132 Å². The van der Waals surface area contributed by atoms with Crippen LogP contribution in [0.2, 0.25) is 0 Å². The summed E-state index contributed by atoms with van der Waals surface area (Å²) in [6.45, 7) is -14.6. The highest BCUT2D eigenvalue weighted by atomic mass is 19.3. The third-order valence-electron chi connectivity index (χ3n) is 7.52. The Morgan fingerprint density at radius 2 is 0.679 bits per heavy atom. The summed E-state index contributed by atoms with van der Waals surface area (Å²) < 4.78 is 235. The molecule has 4 saturated heterocycles. The van der Waals surface area contributed by atoms with E-state index in [0.29, 0.717) is 0 Å². The summed E-state index contributed by atoms with van der Waals surface area (Å²) in [4.78, 5) is 0. The normalized spacial score (nSPS) is 24.7. The molecule has 4 rings (SSSR count). The van der Waals surface area contributed by atoms with E-state index in [1.807, 2.05) is 0 Å². The number of epoxide rings is 4. The van der Waals surface area contributed by atoms with Crippen LogP contribution >= 0.6 is 0 Å². The Labute approximate surface area is 294 Å². The van der Waals surface area contributed by atoms with E-state index in [0.717, 1.165) is 0 Å². The molecular formula is C29H40F12O12. The molecule has 24 heteroatoms. The van der Waals surface area contributed by atoms with Crippen LogP contribution in [-0.2, 0) is 56.8 Å². The van der Waals surface area contributed by atoms with Gasteiger partial charge in [0.05, 0.1) is 92.1 Å². The predicted molar refractivity (Wildman–Crippen MR) is 147 cm³/mol. The molecule has 4 unspecified atom stereocenters. The SMILES string of the molecule is FC(F)(COCC1CO1)COCC(COCC(F)(F)COCC1CO1)(C(F)(F)OC(F)(F)CCOCC1CO1)C(F)(F)OC(F)(F)CCOCC1CO1. The minimum absolute atomic E-state index is 0.187. The van der Waals surface area contributed by atoms with E-state index in [1.165, 1.54) is 0 Å². The van der Waals surface area contributed by atoms with Crippen molar-refractivity contribution in [2.45, 2.75) is 73.5 Å². The molecule has 12 nitrogen and oxygen atoms in total. The Hall–Kier alpha value is -1.32. The molecule has 312 valence electrons. The van der Waals surface area contributed by atoms with Crippen molar-refractivity contribution in [1.29, 1.82) is 0 Å². The molecule has 4 heterocycles. The fraction of sp³-hybridized carbons (Fsp3) is 1.00. The lowest BCUT2D eigenvalue weighted by Gasteiger charge is -2.45. The first-order chi connectivity index (χ1) is 24.6. The van der Waals surface area contributed by atoms with E-state index in [2.05, 4.69) is 28.4 Å². The summed E-state index contributed by atoms with van der Waals surface area (Å²) in [6, 6.07) is 0. The lowest BCUT2D eigenvalue weighted by atomic mass is 9.86. The number of ether oxygens (including phenoxy) is 12. The maximum Gasteiger partial charge on any atom is 0.378 e. The molecule has 4 atom stereocenters. The number of halogens is 12. The van der Waals surface area contributed by atoms with Crippen LogP contribution in [0.1, 0.15) is 12.8 Å². The van der Waals surface area contributed by atoms with Crippen molar-refractivity contribution in [3.63, 3.8) is 0 Å². The van der Waals surface area contributed by atoms with Gasteiger partial charge in [-0.15, -0.1) is 0 Å². The topological polar surface area (TPSA) is 124 Å². The predicted octanol–water partition coefficient (Wildman–Crippen LogP) is 4.12. The average Bonchev–Trinajstić information content (AvgIpc) is 3.81. The Kier molecular flexibility index (Phi) is 15.3. The second-order valence-electron chi connectivity index (χ2n) is 12.8. The molecular weight excluding hydrogens is 768 g/mol. The van der Waals surface area contributed by atoms with Gasteiger partial charge in [0.15, 0.2) is 5.41 Å². The van der Waals surface area contributed by atoms with Gasteiger partial charge in [-0.2, -0.15) is 35.1 Å². The fourth-order valence-corrected chi connectivity index (χ4v) is 4.20. The molecule has 0 aromatic heterocycles. The van der Waals surface area contributed by atoms with Gasteiger partial charge >= 0.3 is 24.4 Å². The molecule has 4 fully saturated rings. The molecule has 0 aromatic rings. The Bertz CT molecular complexity index is 1020. The van der Waals surface area contributed by atoms with Crippen LogP contribution < -0.4 is 0 Å². The van der Waals surface area contributed by atoms with Gasteiger partial charge in [0, 0.05) is 0 Å². The zero-order chi connectivity index (χ0) is 39.0. The Morgan fingerprint density at radius 3 is 0.981 bits per heavy atom. The zero-order valence-electron chi connectivity index (χ0n) is 28.0. The molecule has 4 aliphatic rings. The highest BCUT2D eigenvalue weighted by Crippen LogP contribution is 2.54. The van der Waals surface area contributed by atoms with E-state index in [1.54, 1.807) is 0 Å². The van der Waals surface area contributed by atoms with Gasteiger partial charge in [-0.05, 0) is 0 Å². The van der Waals surface area contributed by atoms with Crippen LogP contribution in [0.4, 0.5) is 52.7 Å². The molecule has 4 aliphatic heterocycles. The zero-order valence-corrected chi connectivity index (χ0v) is 28.0. The fourth-order valence-electron chi connectivity index (χ4n) is 4.20. The monoisotopic (exact) mass is 808 g/mol. The third kappa shape index (κ3) is 16.0. The first kappa shape index (κ1) is 44.4. The number of alkyl halides is 12. The van der Waals surface area contributed by atoms with Gasteiger partial charge in [0.1, 0.15) is 50.8 Å². The minimum Gasteiger partial charge on any atom is -0.378 e. The summed E-state index contributed by atoms with van der Waals surface area (Å²) in [5.74, 6) is -8.27. The second kappa shape index (κ2) is 18.3. The Morgan fingerprint density at radius 1 is 0.396 bits per heavy atom. The molecule has 0 bridgehead atoms. The molecule has 0 amide bonds. The smallest absolute Gasteiger partial charge is 0.378 e. The number of rotatable bonds is 32. The van der Waals surface area contributed by atoms with Crippen LogP contribution in [0.3, 0.4) is 0 Å². The molecule has 53 heavy (non-hydrogen) atoms. The highest BCUT2D eigenvalue weighted by molar-refractivity contribution is 4.97. The van der Waals surface area contributed by atoms with Crippen LogP contribution in [-0.4, -0.2) is 166 Å². The standard InChI is InChI=1S/C29H40F12O12/c30-24(31,15-44-7-21-11-50-21)17-46-13-23(14-47-18-25(32,33)16-45-8-22-12-51-22,28(38,39)52-26(34,35)1-3-42-5-19-9-48-19)29(40,41)53-27(36,37)2-4-43-6-20-10-49-20/h19-22H,1-18H2. The van der Waals surface area contributed by atoms with Crippen molar-refractivity contribution in [2.24, 2.45) is 5.41 Å². The maximum atomic E-state index is 16.0. The average molecular weight is 809 g/mol. The van der Waals surface area contributed by atoms with Gasteiger partial charge in [-0.1, -0.05) is 0 Å². The van der Waals surface area contributed by atoms with Gasteiger partial charge in [-0.3, -0.25) is 9.47 Å². The molecule has 0 saturated carbocycles. The van der Waals surface area contributed by atoms with Gasteiger partial charge in [0.2, 0.25) is 0 Å². The third-order valence-corrected chi connectivity index (χ3v) is 7.52. The van der Waals surface area contributed by atoms with Gasteiger partial charge in [0.25, 0.3) is 11.8 Å². The van der Waals surface area contributed by atoms with Crippen molar-refractivity contribution in [2.75, 3.05) is 106 Å². The lowest BCUT2D eigenvalue weighted by Crippen LogP contribution is -2.64. The van der Waals surface area contributed by atoms with Gasteiger partial charge in [-0.25, -0.2) is 17.6 Å². The summed E-state index contributed by atoms with van der Waals surface area (Å²) in [7, 11) is 0.